The zero-order valence-electron chi connectivity index (χ0n) is 19.5. The number of piperidine rings is 1. The van der Waals surface area contributed by atoms with E-state index in [0.717, 1.165) is 17.7 Å². The van der Waals surface area contributed by atoms with Crippen molar-refractivity contribution in [1.82, 2.24) is 20.2 Å². The van der Waals surface area contributed by atoms with Crippen LogP contribution >= 0.6 is 23.2 Å². The number of likely N-dealkylation sites (tertiary alicyclic amines) is 1. The molecule has 10 heteroatoms. The van der Waals surface area contributed by atoms with E-state index in [1.807, 2.05) is 0 Å². The smallest absolute Gasteiger partial charge is 0.254 e. The molecular formula is C26H24Cl2F2N4O2. The maximum atomic E-state index is 14.0. The Balaban J connectivity index is 1.41. The van der Waals surface area contributed by atoms with Gasteiger partial charge < -0.3 is 10.2 Å². The highest BCUT2D eigenvalue weighted by atomic mass is 35.5. The van der Waals surface area contributed by atoms with E-state index in [-0.39, 0.29) is 36.3 Å². The van der Waals surface area contributed by atoms with Gasteiger partial charge in [-0.2, -0.15) is 0 Å². The SMILES string of the molecule is Cc1ncc(C(=O)NCc2ccc(Cl)c(Cl)c2)c(C2CCN(C(=O)Cc3c(F)cccc3F)CC2)n1. The predicted octanol–water partition coefficient (Wildman–Crippen LogP) is 5.25. The molecule has 2 aromatic carbocycles. The first-order valence-electron chi connectivity index (χ1n) is 11.5. The summed E-state index contributed by atoms with van der Waals surface area (Å²) in [5, 5.41) is 3.71. The third-order valence-corrected chi connectivity index (χ3v) is 6.98. The Bertz CT molecular complexity index is 1280. The molecular weight excluding hydrogens is 509 g/mol. The number of aromatic nitrogens is 2. The molecule has 2 heterocycles. The van der Waals surface area contributed by atoms with Crippen molar-refractivity contribution < 1.29 is 18.4 Å². The molecule has 1 aromatic heterocycles. The van der Waals surface area contributed by atoms with E-state index >= 15 is 0 Å². The molecule has 0 radical (unpaired) electrons. The van der Waals surface area contributed by atoms with Crippen LogP contribution in [0.5, 0.6) is 0 Å². The van der Waals surface area contributed by atoms with E-state index in [4.69, 9.17) is 23.2 Å². The molecule has 0 saturated carbocycles. The van der Waals surface area contributed by atoms with Crippen molar-refractivity contribution in [1.29, 1.82) is 0 Å². The monoisotopic (exact) mass is 532 g/mol. The molecule has 3 aromatic rings. The molecule has 2 amide bonds. The largest absolute Gasteiger partial charge is 0.348 e. The highest BCUT2D eigenvalue weighted by Gasteiger charge is 2.29. The van der Waals surface area contributed by atoms with Crippen LogP contribution in [0.25, 0.3) is 0 Å². The van der Waals surface area contributed by atoms with Crippen molar-refractivity contribution in [3.8, 4) is 0 Å². The quantitative estimate of drug-likeness (QED) is 0.470. The molecule has 1 aliphatic heterocycles. The number of amides is 2. The maximum absolute atomic E-state index is 14.0. The van der Waals surface area contributed by atoms with Gasteiger partial charge in [0.15, 0.2) is 0 Å². The van der Waals surface area contributed by atoms with E-state index in [1.165, 1.54) is 12.3 Å². The molecule has 0 atom stereocenters. The van der Waals surface area contributed by atoms with Crippen molar-refractivity contribution in [2.45, 2.75) is 38.6 Å². The second kappa shape index (κ2) is 11.3. The van der Waals surface area contributed by atoms with Crippen molar-refractivity contribution in [2.24, 2.45) is 0 Å². The van der Waals surface area contributed by atoms with Gasteiger partial charge >= 0.3 is 0 Å². The van der Waals surface area contributed by atoms with Crippen LogP contribution in [0.4, 0.5) is 8.78 Å². The second-order valence-electron chi connectivity index (χ2n) is 8.68. The van der Waals surface area contributed by atoms with Gasteiger partial charge in [-0.1, -0.05) is 35.3 Å². The fourth-order valence-corrected chi connectivity index (χ4v) is 4.59. The zero-order valence-corrected chi connectivity index (χ0v) is 21.0. The second-order valence-corrected chi connectivity index (χ2v) is 9.49. The summed E-state index contributed by atoms with van der Waals surface area (Å²) < 4.78 is 27.9. The Hall–Kier alpha value is -3.10. The van der Waals surface area contributed by atoms with Crippen LogP contribution < -0.4 is 5.32 Å². The minimum Gasteiger partial charge on any atom is -0.348 e. The van der Waals surface area contributed by atoms with Crippen LogP contribution in [0.15, 0.2) is 42.6 Å². The standard InChI is InChI=1S/C26H24Cl2F2N4O2/c1-15-31-14-19(26(36)32-13-16-5-6-20(27)21(28)11-16)25(33-15)17-7-9-34(10-8-17)24(35)12-18-22(29)3-2-4-23(18)30/h2-6,11,14,17H,7-10,12-13H2,1H3,(H,32,36). The number of aryl methyl sites for hydroxylation is 1. The van der Waals surface area contributed by atoms with Gasteiger partial charge in [-0.05, 0) is 49.6 Å². The Morgan fingerprint density at radius 2 is 1.78 bits per heavy atom. The summed E-state index contributed by atoms with van der Waals surface area (Å²) in [6, 6.07) is 8.69. The van der Waals surface area contributed by atoms with Gasteiger partial charge in [-0.15, -0.1) is 0 Å². The van der Waals surface area contributed by atoms with E-state index in [9.17, 15) is 18.4 Å². The lowest BCUT2D eigenvalue weighted by atomic mass is 9.90. The molecule has 0 unspecified atom stereocenters. The average Bonchev–Trinajstić information content (AvgIpc) is 2.87. The molecule has 1 fully saturated rings. The molecule has 188 valence electrons. The van der Waals surface area contributed by atoms with Gasteiger partial charge in [0, 0.05) is 37.3 Å². The maximum Gasteiger partial charge on any atom is 0.254 e. The van der Waals surface area contributed by atoms with E-state index in [0.29, 0.717) is 53.1 Å². The lowest BCUT2D eigenvalue weighted by molar-refractivity contribution is -0.131. The van der Waals surface area contributed by atoms with E-state index in [2.05, 4.69) is 15.3 Å². The topological polar surface area (TPSA) is 75.2 Å². The van der Waals surface area contributed by atoms with Gasteiger partial charge in [-0.3, -0.25) is 9.59 Å². The first-order valence-corrected chi connectivity index (χ1v) is 12.2. The van der Waals surface area contributed by atoms with Crippen molar-refractivity contribution in [3.63, 3.8) is 0 Å². The average molecular weight is 533 g/mol. The minimum atomic E-state index is -0.730. The molecule has 1 saturated heterocycles. The van der Waals surface area contributed by atoms with E-state index in [1.54, 1.807) is 30.0 Å². The van der Waals surface area contributed by atoms with E-state index < -0.39 is 11.6 Å². The number of rotatable bonds is 6. The molecule has 1 N–H and O–H groups in total. The van der Waals surface area contributed by atoms with Gasteiger partial charge in [0.1, 0.15) is 17.5 Å². The van der Waals surface area contributed by atoms with Crippen molar-refractivity contribution >= 4 is 35.0 Å². The number of hydrogen-bond donors (Lipinski definition) is 1. The van der Waals surface area contributed by atoms with Crippen LogP contribution in [0.1, 0.15) is 51.8 Å². The first-order chi connectivity index (χ1) is 17.2. The summed E-state index contributed by atoms with van der Waals surface area (Å²) in [6.07, 6.45) is 2.31. The lowest BCUT2D eigenvalue weighted by Crippen LogP contribution is -2.39. The van der Waals surface area contributed by atoms with Crippen LogP contribution in [0.2, 0.25) is 10.0 Å². The predicted molar refractivity (Wildman–Crippen MR) is 133 cm³/mol. The molecule has 0 spiro atoms. The van der Waals surface area contributed by atoms with Crippen LogP contribution in [-0.2, 0) is 17.8 Å². The summed E-state index contributed by atoms with van der Waals surface area (Å²) in [4.78, 5) is 36.0. The summed E-state index contributed by atoms with van der Waals surface area (Å²) in [6.45, 7) is 2.80. The molecule has 1 aliphatic rings. The first kappa shape index (κ1) is 26.0. The van der Waals surface area contributed by atoms with Crippen molar-refractivity contribution in [3.05, 3.63) is 92.5 Å². The summed E-state index contributed by atoms with van der Waals surface area (Å²) in [5.74, 6) is -1.63. The highest BCUT2D eigenvalue weighted by molar-refractivity contribution is 6.42. The summed E-state index contributed by atoms with van der Waals surface area (Å²) in [7, 11) is 0. The molecule has 4 rings (SSSR count). The number of halogens is 4. The lowest BCUT2D eigenvalue weighted by Gasteiger charge is -2.32. The normalized spacial score (nSPS) is 14.1. The molecule has 0 bridgehead atoms. The van der Waals surface area contributed by atoms with Crippen LogP contribution in [-0.4, -0.2) is 39.8 Å². The number of carbonyl (C=O) groups is 2. The number of benzene rings is 2. The fraction of sp³-hybridized carbons (Fsp3) is 0.308. The minimum absolute atomic E-state index is 0.0633. The third-order valence-electron chi connectivity index (χ3n) is 6.24. The number of nitrogens with zero attached hydrogens (tertiary/aromatic N) is 3. The highest BCUT2D eigenvalue weighted by Crippen LogP contribution is 2.30. The summed E-state index contributed by atoms with van der Waals surface area (Å²) >= 11 is 12.0. The van der Waals surface area contributed by atoms with Crippen LogP contribution in [0.3, 0.4) is 0 Å². The fourth-order valence-electron chi connectivity index (χ4n) is 4.27. The Morgan fingerprint density at radius 1 is 1.08 bits per heavy atom. The Kier molecular flexibility index (Phi) is 8.16. The van der Waals surface area contributed by atoms with Gasteiger partial charge in [0.25, 0.3) is 5.91 Å². The zero-order chi connectivity index (χ0) is 25.8. The molecule has 36 heavy (non-hydrogen) atoms. The Labute approximate surface area is 217 Å². The Morgan fingerprint density at radius 3 is 2.44 bits per heavy atom. The van der Waals surface area contributed by atoms with Crippen LogP contribution in [0, 0.1) is 18.6 Å². The van der Waals surface area contributed by atoms with Gasteiger partial charge in [0.2, 0.25) is 5.91 Å². The molecule has 0 aliphatic carbocycles. The van der Waals surface area contributed by atoms with Crippen molar-refractivity contribution in [2.75, 3.05) is 13.1 Å². The number of carbonyl (C=O) groups excluding carboxylic acids is 2. The third kappa shape index (κ3) is 5.99. The van der Waals surface area contributed by atoms with Gasteiger partial charge in [-0.25, -0.2) is 18.7 Å². The number of hydrogen-bond acceptors (Lipinski definition) is 4. The molecule has 6 nitrogen and oxygen atoms in total. The number of nitrogens with one attached hydrogen (secondary N) is 1. The van der Waals surface area contributed by atoms with Gasteiger partial charge in [0.05, 0.1) is 27.7 Å². The summed E-state index contributed by atoms with van der Waals surface area (Å²) in [5.41, 5.74) is 1.57.